The number of carbonyl (C=O) groups is 2. The van der Waals surface area contributed by atoms with Crippen LogP contribution in [-0.4, -0.2) is 30.9 Å². The van der Waals surface area contributed by atoms with Crippen molar-refractivity contribution in [1.29, 1.82) is 0 Å². The lowest BCUT2D eigenvalue weighted by molar-refractivity contribution is -0.248. The van der Waals surface area contributed by atoms with Crippen LogP contribution in [0.4, 0.5) is 0 Å². The zero-order valence-corrected chi connectivity index (χ0v) is 11.6. The normalized spacial score (nSPS) is 35.9. The third-order valence-electron chi connectivity index (χ3n) is 3.72. The van der Waals surface area contributed by atoms with Crippen LogP contribution in [0.2, 0.25) is 0 Å². The predicted octanol–water partition coefficient (Wildman–Crippen LogP) is 1.75. The van der Waals surface area contributed by atoms with Crippen LogP contribution >= 0.6 is 0 Å². The van der Waals surface area contributed by atoms with Gasteiger partial charge in [-0.05, 0) is 11.8 Å². The van der Waals surface area contributed by atoms with Gasteiger partial charge in [0.1, 0.15) is 6.61 Å². The molecule has 1 fully saturated rings. The van der Waals surface area contributed by atoms with E-state index in [9.17, 15) is 9.59 Å². The Kier molecular flexibility index (Phi) is 5.14. The van der Waals surface area contributed by atoms with Crippen molar-refractivity contribution in [1.82, 2.24) is 0 Å². The molecule has 1 aliphatic rings. The number of carbonyl (C=O) groups excluding carboxylic acids is 2. The fourth-order valence-electron chi connectivity index (χ4n) is 2.17. The van der Waals surface area contributed by atoms with Gasteiger partial charge in [-0.1, -0.05) is 20.8 Å². The number of ether oxygens (including phenoxy) is 3. The number of hydrogen-bond donors (Lipinski definition) is 0. The van der Waals surface area contributed by atoms with Crippen molar-refractivity contribution < 1.29 is 23.8 Å². The molecular formula is C13H22O5. The third-order valence-corrected chi connectivity index (χ3v) is 3.72. The zero-order chi connectivity index (χ0) is 13.9. The number of esters is 2. The second kappa shape index (κ2) is 6.18. The topological polar surface area (TPSA) is 61.8 Å². The van der Waals surface area contributed by atoms with Gasteiger partial charge in [-0.2, -0.15) is 0 Å². The monoisotopic (exact) mass is 258 g/mol. The fourth-order valence-corrected chi connectivity index (χ4v) is 2.17. The lowest BCUT2D eigenvalue weighted by Gasteiger charge is -2.42. The van der Waals surface area contributed by atoms with Crippen molar-refractivity contribution in [2.75, 3.05) is 6.61 Å². The van der Waals surface area contributed by atoms with E-state index in [-0.39, 0.29) is 36.5 Å². The molecule has 5 heteroatoms. The maximum atomic E-state index is 11.0. The first-order chi connectivity index (χ1) is 8.32. The molecule has 1 heterocycles. The van der Waals surface area contributed by atoms with Crippen LogP contribution in [0.1, 0.15) is 34.6 Å². The molecule has 5 nitrogen and oxygen atoms in total. The molecule has 18 heavy (non-hydrogen) atoms. The molecule has 0 bridgehead atoms. The third kappa shape index (κ3) is 3.70. The van der Waals surface area contributed by atoms with Crippen LogP contribution in [0.3, 0.4) is 0 Å². The zero-order valence-electron chi connectivity index (χ0n) is 11.6. The molecule has 5 atom stereocenters. The Hall–Kier alpha value is -1.10. The molecule has 1 rings (SSSR count). The summed E-state index contributed by atoms with van der Waals surface area (Å²) in [6.07, 6.45) is -0.793. The van der Waals surface area contributed by atoms with Crippen molar-refractivity contribution in [2.24, 2.45) is 17.8 Å². The largest absolute Gasteiger partial charge is 0.463 e. The van der Waals surface area contributed by atoms with Gasteiger partial charge in [0.2, 0.25) is 6.29 Å². The SMILES string of the molecule is CC(=O)OCC1O[C@H](OC(C)=O)C(C)[C@@H](C)[C@H]1C. The molecule has 2 unspecified atom stereocenters. The van der Waals surface area contributed by atoms with Crippen molar-refractivity contribution in [3.63, 3.8) is 0 Å². The van der Waals surface area contributed by atoms with Crippen molar-refractivity contribution in [3.8, 4) is 0 Å². The number of hydrogen-bond acceptors (Lipinski definition) is 5. The molecule has 0 amide bonds. The highest BCUT2D eigenvalue weighted by atomic mass is 16.7. The average Bonchev–Trinajstić information content (AvgIpc) is 2.27. The van der Waals surface area contributed by atoms with Gasteiger partial charge >= 0.3 is 11.9 Å². The molecule has 0 N–H and O–H groups in total. The van der Waals surface area contributed by atoms with E-state index in [4.69, 9.17) is 14.2 Å². The van der Waals surface area contributed by atoms with Gasteiger partial charge in [0.15, 0.2) is 0 Å². The van der Waals surface area contributed by atoms with Crippen molar-refractivity contribution in [2.45, 2.75) is 47.0 Å². The molecule has 0 aromatic rings. The average molecular weight is 258 g/mol. The standard InChI is InChI=1S/C13H22O5/c1-7-8(2)12(6-16-10(4)14)18-13(9(7)3)17-11(5)15/h7-9,12-13H,6H2,1-5H3/t7-,8+,9?,12?,13-/m0/s1. The molecule has 0 spiro atoms. The summed E-state index contributed by atoms with van der Waals surface area (Å²) in [5.74, 6) is -0.00625. The smallest absolute Gasteiger partial charge is 0.304 e. The Morgan fingerprint density at radius 1 is 1.00 bits per heavy atom. The molecule has 1 saturated heterocycles. The first kappa shape index (κ1) is 15.0. The van der Waals surface area contributed by atoms with Crippen LogP contribution in [-0.2, 0) is 23.8 Å². The molecule has 0 saturated carbocycles. The van der Waals surface area contributed by atoms with E-state index in [2.05, 4.69) is 13.8 Å². The quantitative estimate of drug-likeness (QED) is 0.722. The summed E-state index contributed by atoms with van der Waals surface area (Å²) in [6.45, 7) is 9.07. The van der Waals surface area contributed by atoms with Crippen molar-refractivity contribution >= 4 is 11.9 Å². The summed E-state index contributed by atoms with van der Waals surface area (Å²) in [6, 6.07) is 0. The summed E-state index contributed by atoms with van der Waals surface area (Å²) in [5, 5.41) is 0. The van der Waals surface area contributed by atoms with Gasteiger partial charge in [0.05, 0.1) is 6.10 Å². The lowest BCUT2D eigenvalue weighted by Crippen LogP contribution is -2.48. The van der Waals surface area contributed by atoms with E-state index in [1.54, 1.807) is 0 Å². The molecule has 0 aliphatic carbocycles. The van der Waals surface area contributed by atoms with E-state index in [1.807, 2.05) is 6.92 Å². The second-order valence-corrected chi connectivity index (χ2v) is 5.03. The van der Waals surface area contributed by atoms with Gasteiger partial charge in [-0.3, -0.25) is 9.59 Å². The highest BCUT2D eigenvalue weighted by Gasteiger charge is 2.41. The minimum atomic E-state index is -0.561. The van der Waals surface area contributed by atoms with E-state index >= 15 is 0 Å². The fraction of sp³-hybridized carbons (Fsp3) is 0.846. The van der Waals surface area contributed by atoms with Gasteiger partial charge in [-0.25, -0.2) is 0 Å². The summed E-state index contributed by atoms with van der Waals surface area (Å²) in [5.41, 5.74) is 0. The van der Waals surface area contributed by atoms with E-state index in [1.165, 1.54) is 13.8 Å². The predicted molar refractivity (Wildman–Crippen MR) is 64.6 cm³/mol. The van der Waals surface area contributed by atoms with Gasteiger partial charge in [0.25, 0.3) is 0 Å². The van der Waals surface area contributed by atoms with Crippen LogP contribution in [0.5, 0.6) is 0 Å². The minimum Gasteiger partial charge on any atom is -0.463 e. The highest BCUT2D eigenvalue weighted by molar-refractivity contribution is 5.66. The maximum Gasteiger partial charge on any atom is 0.304 e. The summed E-state index contributed by atoms with van der Waals surface area (Å²) >= 11 is 0. The molecule has 1 aliphatic heterocycles. The van der Waals surface area contributed by atoms with Crippen LogP contribution in [0, 0.1) is 17.8 Å². The lowest BCUT2D eigenvalue weighted by atomic mass is 9.79. The Labute approximate surface area is 108 Å². The van der Waals surface area contributed by atoms with E-state index in [0.29, 0.717) is 5.92 Å². The summed E-state index contributed by atoms with van der Waals surface area (Å²) < 4.78 is 15.9. The minimum absolute atomic E-state index is 0.123. The Bertz CT molecular complexity index is 313. The van der Waals surface area contributed by atoms with Crippen LogP contribution < -0.4 is 0 Å². The Morgan fingerprint density at radius 2 is 1.61 bits per heavy atom. The van der Waals surface area contributed by atoms with Gasteiger partial charge in [-0.15, -0.1) is 0 Å². The van der Waals surface area contributed by atoms with Gasteiger partial charge in [0, 0.05) is 19.8 Å². The van der Waals surface area contributed by atoms with E-state index < -0.39 is 6.29 Å². The van der Waals surface area contributed by atoms with E-state index in [0.717, 1.165) is 0 Å². The summed E-state index contributed by atoms with van der Waals surface area (Å²) in [7, 11) is 0. The molecular weight excluding hydrogens is 236 g/mol. The highest BCUT2D eigenvalue weighted by Crippen LogP contribution is 2.35. The van der Waals surface area contributed by atoms with Crippen molar-refractivity contribution in [3.05, 3.63) is 0 Å². The Morgan fingerprint density at radius 3 is 2.11 bits per heavy atom. The molecule has 0 aromatic carbocycles. The second-order valence-electron chi connectivity index (χ2n) is 5.03. The first-order valence-corrected chi connectivity index (χ1v) is 6.29. The molecule has 0 radical (unpaired) electrons. The summed E-state index contributed by atoms with van der Waals surface area (Å²) in [4.78, 5) is 21.9. The Balaban J connectivity index is 2.67. The van der Waals surface area contributed by atoms with Crippen LogP contribution in [0.15, 0.2) is 0 Å². The van der Waals surface area contributed by atoms with Gasteiger partial charge < -0.3 is 14.2 Å². The maximum absolute atomic E-state index is 11.0. The number of rotatable bonds is 3. The molecule has 104 valence electrons. The first-order valence-electron chi connectivity index (χ1n) is 6.29. The van der Waals surface area contributed by atoms with Crippen LogP contribution in [0.25, 0.3) is 0 Å². The molecule has 0 aromatic heterocycles.